The topological polar surface area (TPSA) is 12.0 Å². The lowest BCUT2D eigenvalue weighted by molar-refractivity contribution is 0.285. The molecule has 1 unspecified atom stereocenters. The molecular weight excluding hydrogens is 238 g/mol. The number of nitrogens with one attached hydrogen (secondary N) is 1. The summed E-state index contributed by atoms with van der Waals surface area (Å²) in [5.41, 5.74) is 0. The second kappa shape index (κ2) is 10.1. The van der Waals surface area contributed by atoms with E-state index in [1.807, 2.05) is 0 Å². The zero-order valence-electron chi connectivity index (χ0n) is 12.7. The fourth-order valence-corrected chi connectivity index (χ4v) is 4.21. The summed E-state index contributed by atoms with van der Waals surface area (Å²) in [5, 5.41) is 3.81. The minimum atomic E-state index is 0.780. The van der Waals surface area contributed by atoms with Crippen LogP contribution in [0.4, 0.5) is 0 Å². The summed E-state index contributed by atoms with van der Waals surface area (Å²) in [4.78, 5) is 0. The van der Waals surface area contributed by atoms with Crippen LogP contribution in [0.5, 0.6) is 0 Å². The van der Waals surface area contributed by atoms with Crippen LogP contribution >= 0.6 is 11.8 Å². The number of thioether (sulfide) groups is 1. The van der Waals surface area contributed by atoms with Crippen molar-refractivity contribution in [2.24, 2.45) is 11.8 Å². The molecule has 2 heteroatoms. The van der Waals surface area contributed by atoms with Crippen LogP contribution in [0.1, 0.15) is 65.7 Å². The van der Waals surface area contributed by atoms with Crippen LogP contribution in [0.3, 0.4) is 0 Å². The zero-order valence-corrected chi connectivity index (χ0v) is 13.5. The lowest BCUT2D eigenvalue weighted by atomic mass is 9.84. The van der Waals surface area contributed by atoms with Gasteiger partial charge in [0.15, 0.2) is 0 Å². The van der Waals surface area contributed by atoms with Crippen LogP contribution in [-0.4, -0.2) is 24.1 Å². The zero-order chi connectivity index (χ0) is 13.2. The van der Waals surface area contributed by atoms with Crippen molar-refractivity contribution in [3.05, 3.63) is 0 Å². The van der Waals surface area contributed by atoms with E-state index < -0.39 is 0 Å². The van der Waals surface area contributed by atoms with E-state index in [-0.39, 0.29) is 0 Å². The Bertz CT molecular complexity index is 188. The van der Waals surface area contributed by atoms with Gasteiger partial charge in [-0.2, -0.15) is 11.8 Å². The first-order chi connectivity index (χ1) is 8.74. The third-order valence-electron chi connectivity index (χ3n) is 4.01. The fraction of sp³-hybridized carbons (Fsp3) is 1.00. The Kier molecular flexibility index (Phi) is 9.22. The van der Waals surface area contributed by atoms with Gasteiger partial charge >= 0.3 is 0 Å². The third-order valence-corrected chi connectivity index (χ3v) is 5.13. The van der Waals surface area contributed by atoms with Gasteiger partial charge in [-0.3, -0.25) is 0 Å². The molecule has 0 spiro atoms. The van der Waals surface area contributed by atoms with E-state index in [0.717, 1.165) is 17.9 Å². The molecule has 0 aromatic rings. The van der Waals surface area contributed by atoms with Crippen molar-refractivity contribution in [1.82, 2.24) is 5.32 Å². The van der Waals surface area contributed by atoms with Crippen molar-refractivity contribution in [2.75, 3.05) is 18.1 Å². The van der Waals surface area contributed by atoms with Gasteiger partial charge in [-0.05, 0) is 49.8 Å². The molecule has 0 aromatic heterocycles. The molecule has 1 aliphatic carbocycles. The summed E-state index contributed by atoms with van der Waals surface area (Å²) in [5.74, 6) is 4.48. The first kappa shape index (κ1) is 16.4. The average molecular weight is 272 g/mol. The molecular formula is C16H33NS. The third kappa shape index (κ3) is 7.04. The molecule has 1 aliphatic rings. The van der Waals surface area contributed by atoms with Crippen LogP contribution < -0.4 is 5.32 Å². The molecule has 1 N–H and O–H groups in total. The van der Waals surface area contributed by atoms with Gasteiger partial charge in [0, 0.05) is 11.8 Å². The van der Waals surface area contributed by atoms with Crippen LogP contribution in [0.25, 0.3) is 0 Å². The van der Waals surface area contributed by atoms with Crippen molar-refractivity contribution in [3.8, 4) is 0 Å². The molecule has 0 aromatic carbocycles. The lowest BCUT2D eigenvalue weighted by Crippen LogP contribution is -2.39. The standard InChI is InChI=1S/C16H33NS/c1-4-11-17-16(13-18-12-10-14(2)3)15-8-6-5-7-9-15/h14-17H,4-13H2,1-3H3. The maximum atomic E-state index is 3.81. The molecule has 18 heavy (non-hydrogen) atoms. The molecule has 0 saturated heterocycles. The minimum Gasteiger partial charge on any atom is -0.313 e. The van der Waals surface area contributed by atoms with E-state index in [1.54, 1.807) is 0 Å². The highest BCUT2D eigenvalue weighted by molar-refractivity contribution is 7.99. The van der Waals surface area contributed by atoms with E-state index in [9.17, 15) is 0 Å². The van der Waals surface area contributed by atoms with Gasteiger partial charge in [0.1, 0.15) is 0 Å². The molecule has 1 rings (SSSR count). The molecule has 1 atom stereocenters. The van der Waals surface area contributed by atoms with Gasteiger partial charge < -0.3 is 5.32 Å². The Labute approximate surface area is 119 Å². The number of hydrogen-bond acceptors (Lipinski definition) is 2. The first-order valence-corrected chi connectivity index (χ1v) is 9.20. The van der Waals surface area contributed by atoms with Gasteiger partial charge in [0.25, 0.3) is 0 Å². The average Bonchev–Trinajstić information content (AvgIpc) is 2.38. The minimum absolute atomic E-state index is 0.780. The molecule has 1 nitrogen and oxygen atoms in total. The number of hydrogen-bond donors (Lipinski definition) is 1. The van der Waals surface area contributed by atoms with Gasteiger partial charge in [-0.15, -0.1) is 0 Å². The van der Waals surface area contributed by atoms with Crippen LogP contribution in [0.2, 0.25) is 0 Å². The molecule has 1 fully saturated rings. The van der Waals surface area contributed by atoms with E-state index in [4.69, 9.17) is 0 Å². The maximum absolute atomic E-state index is 3.81. The lowest BCUT2D eigenvalue weighted by Gasteiger charge is -2.31. The summed E-state index contributed by atoms with van der Waals surface area (Å²) in [7, 11) is 0. The number of rotatable bonds is 9. The van der Waals surface area contributed by atoms with Crippen molar-refractivity contribution >= 4 is 11.8 Å². The van der Waals surface area contributed by atoms with Gasteiger partial charge in [-0.25, -0.2) is 0 Å². The Morgan fingerprint density at radius 2 is 1.89 bits per heavy atom. The highest BCUT2D eigenvalue weighted by atomic mass is 32.2. The van der Waals surface area contributed by atoms with Gasteiger partial charge in [-0.1, -0.05) is 40.0 Å². The summed E-state index contributed by atoms with van der Waals surface area (Å²) >= 11 is 2.17. The Hall–Kier alpha value is 0.310. The Morgan fingerprint density at radius 1 is 1.17 bits per heavy atom. The van der Waals surface area contributed by atoms with E-state index >= 15 is 0 Å². The van der Waals surface area contributed by atoms with Crippen molar-refractivity contribution < 1.29 is 0 Å². The molecule has 0 heterocycles. The fourth-order valence-electron chi connectivity index (χ4n) is 2.76. The SMILES string of the molecule is CCCNC(CSCCC(C)C)C1CCCCC1. The van der Waals surface area contributed by atoms with Crippen molar-refractivity contribution in [3.63, 3.8) is 0 Å². The van der Waals surface area contributed by atoms with Gasteiger partial charge in [0.05, 0.1) is 0 Å². The second-order valence-corrected chi connectivity index (χ2v) is 7.37. The highest BCUT2D eigenvalue weighted by Crippen LogP contribution is 2.28. The molecule has 0 bridgehead atoms. The van der Waals surface area contributed by atoms with Crippen LogP contribution in [0, 0.1) is 11.8 Å². The van der Waals surface area contributed by atoms with Crippen molar-refractivity contribution in [2.45, 2.75) is 71.8 Å². The van der Waals surface area contributed by atoms with Gasteiger partial charge in [0.2, 0.25) is 0 Å². The predicted molar refractivity (Wildman–Crippen MR) is 85.4 cm³/mol. The molecule has 0 aliphatic heterocycles. The quantitative estimate of drug-likeness (QED) is 0.609. The van der Waals surface area contributed by atoms with Crippen molar-refractivity contribution in [1.29, 1.82) is 0 Å². The molecule has 1 saturated carbocycles. The Balaban J connectivity index is 2.25. The largest absolute Gasteiger partial charge is 0.313 e. The first-order valence-electron chi connectivity index (χ1n) is 8.05. The second-order valence-electron chi connectivity index (χ2n) is 6.22. The predicted octanol–water partition coefficient (Wildman–Crippen LogP) is 4.71. The van der Waals surface area contributed by atoms with Crippen LogP contribution in [-0.2, 0) is 0 Å². The highest BCUT2D eigenvalue weighted by Gasteiger charge is 2.22. The normalized spacial score (nSPS) is 19.3. The monoisotopic (exact) mass is 271 g/mol. The Morgan fingerprint density at radius 3 is 2.50 bits per heavy atom. The van der Waals surface area contributed by atoms with E-state index in [2.05, 4.69) is 37.8 Å². The molecule has 0 amide bonds. The maximum Gasteiger partial charge on any atom is 0.0186 e. The summed E-state index contributed by atoms with van der Waals surface area (Å²) < 4.78 is 0. The van der Waals surface area contributed by atoms with E-state index in [0.29, 0.717) is 0 Å². The summed E-state index contributed by atoms with van der Waals surface area (Å²) in [6, 6.07) is 0.780. The van der Waals surface area contributed by atoms with Crippen LogP contribution in [0.15, 0.2) is 0 Å². The molecule has 0 radical (unpaired) electrons. The summed E-state index contributed by atoms with van der Waals surface area (Å²) in [6.07, 6.45) is 9.96. The summed E-state index contributed by atoms with van der Waals surface area (Å²) in [6.45, 7) is 8.13. The molecule has 108 valence electrons. The van der Waals surface area contributed by atoms with E-state index in [1.165, 1.54) is 63.0 Å². The smallest absolute Gasteiger partial charge is 0.0186 e.